The highest BCUT2D eigenvalue weighted by molar-refractivity contribution is 6.30. The number of rotatable bonds is 4. The SMILES string of the molecule is Cc1noc(C)c1CC(=O)N1CCN(C(=O)C2(c3cccc(Cl)c3)CCCC2)CC1. The third kappa shape index (κ3) is 3.85. The summed E-state index contributed by atoms with van der Waals surface area (Å²) in [4.78, 5) is 30.2. The van der Waals surface area contributed by atoms with Crippen molar-refractivity contribution in [2.24, 2.45) is 0 Å². The third-order valence-corrected chi connectivity index (χ3v) is 6.91. The monoisotopic (exact) mass is 429 g/mol. The fourth-order valence-corrected chi connectivity index (χ4v) is 5.06. The normalized spacial score (nSPS) is 18.6. The number of hydrogen-bond donors (Lipinski definition) is 0. The summed E-state index contributed by atoms with van der Waals surface area (Å²) in [7, 11) is 0. The van der Waals surface area contributed by atoms with E-state index in [9.17, 15) is 9.59 Å². The van der Waals surface area contributed by atoms with Gasteiger partial charge in [0.2, 0.25) is 11.8 Å². The number of nitrogens with zero attached hydrogens (tertiary/aromatic N) is 3. The van der Waals surface area contributed by atoms with E-state index in [0.29, 0.717) is 43.4 Å². The van der Waals surface area contributed by atoms with Crippen molar-refractivity contribution in [2.45, 2.75) is 51.4 Å². The molecule has 1 aliphatic carbocycles. The number of piperazine rings is 1. The van der Waals surface area contributed by atoms with Gasteiger partial charge in [0.25, 0.3) is 0 Å². The van der Waals surface area contributed by atoms with Crippen LogP contribution in [0.4, 0.5) is 0 Å². The van der Waals surface area contributed by atoms with Crippen molar-refractivity contribution in [2.75, 3.05) is 26.2 Å². The standard InChI is InChI=1S/C23H28ClN3O3/c1-16-20(17(2)30-25-16)15-21(28)26-10-12-27(13-11-26)22(29)23(8-3-4-9-23)18-6-5-7-19(24)14-18/h5-7,14H,3-4,8-13,15H2,1-2H3. The molecule has 2 heterocycles. The third-order valence-electron chi connectivity index (χ3n) is 6.67. The van der Waals surface area contributed by atoms with Crippen LogP contribution in [0.5, 0.6) is 0 Å². The molecular weight excluding hydrogens is 402 g/mol. The maximum absolute atomic E-state index is 13.6. The minimum atomic E-state index is -0.478. The molecule has 4 rings (SSSR count). The molecule has 0 spiro atoms. The zero-order valence-corrected chi connectivity index (χ0v) is 18.4. The maximum atomic E-state index is 13.6. The first-order valence-corrected chi connectivity index (χ1v) is 11.0. The molecule has 30 heavy (non-hydrogen) atoms. The molecule has 1 aliphatic heterocycles. The Labute approximate surface area is 182 Å². The average Bonchev–Trinajstić information content (AvgIpc) is 3.37. The topological polar surface area (TPSA) is 66.7 Å². The van der Waals surface area contributed by atoms with Crippen molar-refractivity contribution in [3.63, 3.8) is 0 Å². The fraction of sp³-hybridized carbons (Fsp3) is 0.522. The minimum absolute atomic E-state index is 0.0573. The average molecular weight is 430 g/mol. The molecular formula is C23H28ClN3O3. The van der Waals surface area contributed by atoms with Crippen LogP contribution in [-0.2, 0) is 21.4 Å². The van der Waals surface area contributed by atoms with Crippen LogP contribution in [0.15, 0.2) is 28.8 Å². The van der Waals surface area contributed by atoms with Crippen LogP contribution < -0.4 is 0 Å². The summed E-state index contributed by atoms with van der Waals surface area (Å²) in [6.07, 6.45) is 4.11. The number of amides is 2. The molecule has 7 heteroatoms. The van der Waals surface area contributed by atoms with Gasteiger partial charge in [-0.1, -0.05) is 41.7 Å². The second kappa shape index (κ2) is 8.42. The number of aryl methyl sites for hydroxylation is 2. The second-order valence-electron chi connectivity index (χ2n) is 8.45. The lowest BCUT2D eigenvalue weighted by Gasteiger charge is -2.40. The van der Waals surface area contributed by atoms with E-state index in [1.54, 1.807) is 0 Å². The molecule has 1 saturated heterocycles. The Kier molecular flexibility index (Phi) is 5.87. The smallest absolute Gasteiger partial charge is 0.233 e. The first-order chi connectivity index (χ1) is 14.4. The van der Waals surface area contributed by atoms with E-state index in [2.05, 4.69) is 5.16 Å². The van der Waals surface area contributed by atoms with E-state index >= 15 is 0 Å². The molecule has 0 radical (unpaired) electrons. The van der Waals surface area contributed by atoms with Crippen molar-refractivity contribution in [3.8, 4) is 0 Å². The van der Waals surface area contributed by atoms with Crippen LogP contribution in [0.25, 0.3) is 0 Å². The molecule has 0 bridgehead atoms. The van der Waals surface area contributed by atoms with Crippen molar-refractivity contribution >= 4 is 23.4 Å². The van der Waals surface area contributed by atoms with Gasteiger partial charge in [-0.25, -0.2) is 0 Å². The molecule has 0 atom stereocenters. The van der Waals surface area contributed by atoms with Crippen LogP contribution in [-0.4, -0.2) is 52.9 Å². The summed E-state index contributed by atoms with van der Waals surface area (Å²) in [6.45, 7) is 5.92. The maximum Gasteiger partial charge on any atom is 0.233 e. The largest absolute Gasteiger partial charge is 0.361 e. The lowest BCUT2D eigenvalue weighted by Crippen LogP contribution is -2.55. The van der Waals surface area contributed by atoms with Crippen LogP contribution >= 0.6 is 11.6 Å². The van der Waals surface area contributed by atoms with E-state index in [4.69, 9.17) is 16.1 Å². The number of carbonyl (C=O) groups excluding carboxylic acids is 2. The van der Waals surface area contributed by atoms with Gasteiger partial charge in [0, 0.05) is 36.8 Å². The Bertz CT molecular complexity index is 921. The van der Waals surface area contributed by atoms with Gasteiger partial charge < -0.3 is 14.3 Å². The number of aromatic nitrogens is 1. The summed E-state index contributed by atoms with van der Waals surface area (Å²) in [5.74, 6) is 0.932. The van der Waals surface area contributed by atoms with Crippen molar-refractivity contribution in [1.82, 2.24) is 15.0 Å². The Morgan fingerprint density at radius 1 is 1.10 bits per heavy atom. The summed E-state index contributed by atoms with van der Waals surface area (Å²) < 4.78 is 5.17. The summed E-state index contributed by atoms with van der Waals surface area (Å²) in [5, 5.41) is 4.60. The van der Waals surface area contributed by atoms with Gasteiger partial charge in [-0.15, -0.1) is 0 Å². The van der Waals surface area contributed by atoms with E-state index in [1.807, 2.05) is 47.9 Å². The van der Waals surface area contributed by atoms with Crippen LogP contribution in [0.2, 0.25) is 5.02 Å². The summed E-state index contributed by atoms with van der Waals surface area (Å²) in [5.41, 5.74) is 2.17. The van der Waals surface area contributed by atoms with Crippen LogP contribution in [0, 0.1) is 13.8 Å². The molecule has 0 N–H and O–H groups in total. The van der Waals surface area contributed by atoms with E-state index in [-0.39, 0.29) is 11.8 Å². The molecule has 1 aromatic carbocycles. The zero-order chi connectivity index (χ0) is 21.3. The minimum Gasteiger partial charge on any atom is -0.361 e. The highest BCUT2D eigenvalue weighted by Gasteiger charge is 2.45. The van der Waals surface area contributed by atoms with Gasteiger partial charge in [-0.2, -0.15) is 0 Å². The summed E-state index contributed by atoms with van der Waals surface area (Å²) >= 11 is 6.23. The first-order valence-electron chi connectivity index (χ1n) is 10.7. The van der Waals surface area contributed by atoms with Gasteiger partial charge in [-0.3, -0.25) is 9.59 Å². The predicted molar refractivity (Wildman–Crippen MR) is 114 cm³/mol. The molecule has 0 unspecified atom stereocenters. The lowest BCUT2D eigenvalue weighted by molar-refractivity contribution is -0.143. The van der Waals surface area contributed by atoms with Crippen LogP contribution in [0.3, 0.4) is 0 Å². The number of hydrogen-bond acceptors (Lipinski definition) is 4. The highest BCUT2D eigenvalue weighted by atomic mass is 35.5. The van der Waals surface area contributed by atoms with Gasteiger partial charge >= 0.3 is 0 Å². The molecule has 2 fully saturated rings. The van der Waals surface area contributed by atoms with Gasteiger partial charge in [-0.05, 0) is 44.4 Å². The van der Waals surface area contributed by atoms with Gasteiger partial charge in [0.05, 0.1) is 17.5 Å². The fourth-order valence-electron chi connectivity index (χ4n) is 4.87. The van der Waals surface area contributed by atoms with Crippen LogP contribution in [0.1, 0.15) is 48.3 Å². The predicted octanol–water partition coefficient (Wildman–Crippen LogP) is 3.67. The second-order valence-corrected chi connectivity index (χ2v) is 8.89. The number of benzene rings is 1. The van der Waals surface area contributed by atoms with E-state index in [0.717, 1.165) is 42.5 Å². The Morgan fingerprint density at radius 2 is 1.77 bits per heavy atom. The van der Waals surface area contributed by atoms with Gasteiger partial charge in [0.1, 0.15) is 5.76 Å². The van der Waals surface area contributed by atoms with Crippen molar-refractivity contribution < 1.29 is 14.1 Å². The van der Waals surface area contributed by atoms with Gasteiger partial charge in [0.15, 0.2) is 0 Å². The van der Waals surface area contributed by atoms with E-state index < -0.39 is 5.41 Å². The highest BCUT2D eigenvalue weighted by Crippen LogP contribution is 2.43. The molecule has 160 valence electrons. The zero-order valence-electron chi connectivity index (χ0n) is 17.6. The molecule has 1 saturated carbocycles. The lowest BCUT2D eigenvalue weighted by atomic mass is 9.77. The molecule has 2 aliphatic rings. The quantitative estimate of drug-likeness (QED) is 0.743. The summed E-state index contributed by atoms with van der Waals surface area (Å²) in [6, 6.07) is 7.74. The van der Waals surface area contributed by atoms with E-state index in [1.165, 1.54) is 0 Å². The number of carbonyl (C=O) groups is 2. The first kappa shape index (κ1) is 20.9. The Hall–Kier alpha value is -2.34. The molecule has 6 nitrogen and oxygen atoms in total. The molecule has 2 amide bonds. The number of halogens is 1. The Morgan fingerprint density at radius 3 is 2.37 bits per heavy atom. The van der Waals surface area contributed by atoms with Crippen molar-refractivity contribution in [1.29, 1.82) is 0 Å². The Balaban J connectivity index is 1.43. The van der Waals surface area contributed by atoms with Crippen molar-refractivity contribution in [3.05, 3.63) is 51.9 Å². The molecule has 1 aromatic heterocycles. The molecule has 2 aromatic rings.